The lowest BCUT2D eigenvalue weighted by Crippen LogP contribution is -2.10. The van der Waals surface area contributed by atoms with Crippen LogP contribution < -0.4 is 5.73 Å². The Balaban J connectivity index is 0.00000106. The fraction of sp³-hybridized carbons (Fsp3) is 0.267. The van der Waals surface area contributed by atoms with Crippen molar-refractivity contribution in [2.45, 2.75) is 27.2 Å². The van der Waals surface area contributed by atoms with Gasteiger partial charge in [0.15, 0.2) is 0 Å². The molecule has 0 aliphatic rings. The number of amides is 1. The molecule has 1 aromatic carbocycles. The number of aryl methyl sites for hydroxylation is 1. The molecule has 0 unspecified atom stereocenters. The fourth-order valence-electron chi connectivity index (χ4n) is 1.74. The van der Waals surface area contributed by atoms with Gasteiger partial charge < -0.3 is 10.8 Å². The molecule has 0 bridgehead atoms. The van der Waals surface area contributed by atoms with Crippen LogP contribution in [0.2, 0.25) is 0 Å². The summed E-state index contributed by atoms with van der Waals surface area (Å²) in [4.78, 5) is 26.5. The Morgan fingerprint density at radius 1 is 1.24 bits per heavy atom. The highest BCUT2D eigenvalue weighted by Gasteiger charge is 2.15. The molecule has 0 radical (unpaired) electrons. The molecular weight excluding hydrogens is 288 g/mol. The number of nitrogens with two attached hydrogens (primary N) is 1. The number of benzene rings is 1. The highest BCUT2D eigenvalue weighted by Crippen LogP contribution is 2.21. The quantitative estimate of drug-likeness (QED) is 0.908. The third-order valence-electron chi connectivity index (χ3n) is 2.61. The molecule has 21 heavy (non-hydrogen) atoms. The van der Waals surface area contributed by atoms with E-state index in [0.717, 1.165) is 21.9 Å². The number of carboxylic acids is 1. The Kier molecular flexibility index (Phi) is 6.05. The van der Waals surface area contributed by atoms with Crippen molar-refractivity contribution >= 4 is 23.2 Å². The summed E-state index contributed by atoms with van der Waals surface area (Å²) in [5.41, 5.74) is 7.01. The molecule has 0 aliphatic carbocycles. The summed E-state index contributed by atoms with van der Waals surface area (Å²) in [7, 11) is 0. The smallest absolute Gasteiger partial charge is 0.347 e. The van der Waals surface area contributed by atoms with Crippen molar-refractivity contribution < 1.29 is 14.7 Å². The average Bonchev–Trinajstić information content (AvgIpc) is 2.82. The minimum atomic E-state index is -0.964. The lowest BCUT2D eigenvalue weighted by atomic mass is 10.1. The molecule has 2 rings (SSSR count). The van der Waals surface area contributed by atoms with E-state index in [4.69, 9.17) is 10.8 Å². The molecule has 6 heteroatoms. The van der Waals surface area contributed by atoms with E-state index in [1.54, 1.807) is 31.2 Å². The van der Waals surface area contributed by atoms with Crippen LogP contribution in [-0.4, -0.2) is 22.0 Å². The second-order valence-electron chi connectivity index (χ2n) is 4.05. The monoisotopic (exact) mass is 306 g/mol. The summed E-state index contributed by atoms with van der Waals surface area (Å²) < 4.78 is 0. The van der Waals surface area contributed by atoms with Gasteiger partial charge in [0.25, 0.3) is 0 Å². The van der Waals surface area contributed by atoms with Crippen LogP contribution in [-0.2, 0) is 6.42 Å². The maximum Gasteiger partial charge on any atom is 0.347 e. The highest BCUT2D eigenvalue weighted by atomic mass is 32.1. The van der Waals surface area contributed by atoms with Crippen LogP contribution in [0.4, 0.5) is 0 Å². The van der Waals surface area contributed by atoms with Gasteiger partial charge in [-0.05, 0) is 24.6 Å². The van der Waals surface area contributed by atoms with Crippen molar-refractivity contribution in [1.82, 2.24) is 4.98 Å². The first-order chi connectivity index (χ1) is 9.97. The van der Waals surface area contributed by atoms with Crippen LogP contribution in [0.3, 0.4) is 0 Å². The number of hydrogen-bond acceptors (Lipinski definition) is 4. The number of carbonyl (C=O) groups is 2. The van der Waals surface area contributed by atoms with Crippen LogP contribution in [0, 0.1) is 6.92 Å². The molecule has 0 saturated carbocycles. The second-order valence-corrected chi connectivity index (χ2v) is 5.25. The van der Waals surface area contributed by atoms with Gasteiger partial charge in [-0.15, -0.1) is 11.3 Å². The van der Waals surface area contributed by atoms with E-state index in [-0.39, 0.29) is 4.88 Å². The molecular formula is C15H18N2O3S. The van der Waals surface area contributed by atoms with E-state index >= 15 is 0 Å². The standard InChI is InChI=1S/C13H12N2O3S.C2H6/c1-7-15-10(11(19-7)13(17)18)6-8-2-4-9(5-3-8)12(14)16;1-2/h2-5H,6H2,1H3,(H2,14,16)(H,17,18);1-2H3. The minimum absolute atomic E-state index is 0.261. The van der Waals surface area contributed by atoms with E-state index in [0.29, 0.717) is 17.7 Å². The maximum absolute atomic E-state index is 11.1. The SMILES string of the molecule is CC.Cc1nc(Cc2ccc(C(N)=O)cc2)c(C(=O)O)s1. The van der Waals surface area contributed by atoms with Gasteiger partial charge in [0, 0.05) is 12.0 Å². The topological polar surface area (TPSA) is 93.3 Å². The number of rotatable bonds is 4. The van der Waals surface area contributed by atoms with E-state index in [1.807, 2.05) is 13.8 Å². The predicted molar refractivity (Wildman–Crippen MR) is 82.9 cm³/mol. The molecule has 1 amide bonds. The van der Waals surface area contributed by atoms with Gasteiger partial charge in [0.2, 0.25) is 5.91 Å². The highest BCUT2D eigenvalue weighted by molar-refractivity contribution is 7.13. The Bertz CT molecular complexity index is 633. The lowest BCUT2D eigenvalue weighted by molar-refractivity contribution is 0.0700. The Hall–Kier alpha value is -2.21. The number of nitrogens with zero attached hydrogens (tertiary/aromatic N) is 1. The zero-order valence-corrected chi connectivity index (χ0v) is 13.0. The van der Waals surface area contributed by atoms with Crippen LogP contribution in [0.25, 0.3) is 0 Å². The molecule has 0 aliphatic heterocycles. The molecule has 5 nitrogen and oxygen atoms in total. The molecule has 0 spiro atoms. The molecule has 2 aromatic rings. The second kappa shape index (κ2) is 7.54. The Labute approximate surface area is 127 Å². The van der Waals surface area contributed by atoms with E-state index in [2.05, 4.69) is 4.98 Å². The van der Waals surface area contributed by atoms with Crippen molar-refractivity contribution in [3.8, 4) is 0 Å². The summed E-state index contributed by atoms with van der Waals surface area (Å²) >= 11 is 1.16. The van der Waals surface area contributed by atoms with Crippen molar-refractivity contribution in [3.63, 3.8) is 0 Å². The number of aromatic carboxylic acids is 1. The largest absolute Gasteiger partial charge is 0.477 e. The zero-order chi connectivity index (χ0) is 16.0. The van der Waals surface area contributed by atoms with Crippen molar-refractivity contribution in [3.05, 3.63) is 51.0 Å². The van der Waals surface area contributed by atoms with E-state index < -0.39 is 11.9 Å². The first-order valence-corrected chi connectivity index (χ1v) is 7.37. The summed E-state index contributed by atoms with van der Waals surface area (Å²) in [6, 6.07) is 6.75. The van der Waals surface area contributed by atoms with Crippen molar-refractivity contribution in [2.75, 3.05) is 0 Å². The van der Waals surface area contributed by atoms with Crippen LogP contribution in [0.15, 0.2) is 24.3 Å². The number of hydrogen-bond donors (Lipinski definition) is 2. The van der Waals surface area contributed by atoms with Crippen molar-refractivity contribution in [1.29, 1.82) is 0 Å². The first-order valence-electron chi connectivity index (χ1n) is 6.55. The number of carbonyl (C=O) groups excluding carboxylic acids is 1. The number of aromatic nitrogens is 1. The molecule has 0 fully saturated rings. The predicted octanol–water partition coefficient (Wildman–Crippen LogP) is 2.87. The fourth-order valence-corrected chi connectivity index (χ4v) is 2.51. The lowest BCUT2D eigenvalue weighted by Gasteiger charge is -2.01. The average molecular weight is 306 g/mol. The maximum atomic E-state index is 11.1. The molecule has 0 saturated heterocycles. The van der Waals surface area contributed by atoms with Crippen LogP contribution >= 0.6 is 11.3 Å². The third-order valence-corrected chi connectivity index (χ3v) is 3.61. The van der Waals surface area contributed by atoms with Gasteiger partial charge in [0.1, 0.15) is 4.88 Å². The van der Waals surface area contributed by atoms with Crippen LogP contribution in [0.1, 0.15) is 50.1 Å². The first kappa shape index (κ1) is 16.8. The summed E-state index contributed by atoms with van der Waals surface area (Å²) in [6.45, 7) is 5.77. The normalized spacial score (nSPS) is 9.67. The summed E-state index contributed by atoms with van der Waals surface area (Å²) in [6.07, 6.45) is 0.422. The molecule has 1 aromatic heterocycles. The van der Waals surface area contributed by atoms with Crippen molar-refractivity contribution in [2.24, 2.45) is 5.73 Å². The Morgan fingerprint density at radius 2 is 1.81 bits per heavy atom. The minimum Gasteiger partial charge on any atom is -0.477 e. The van der Waals surface area contributed by atoms with Gasteiger partial charge in [-0.3, -0.25) is 4.79 Å². The number of thiazole rings is 1. The summed E-state index contributed by atoms with van der Waals surface area (Å²) in [5.74, 6) is -1.45. The van der Waals surface area contributed by atoms with Gasteiger partial charge >= 0.3 is 5.97 Å². The molecule has 112 valence electrons. The van der Waals surface area contributed by atoms with E-state index in [1.165, 1.54) is 0 Å². The van der Waals surface area contributed by atoms with Gasteiger partial charge in [0.05, 0.1) is 10.7 Å². The summed E-state index contributed by atoms with van der Waals surface area (Å²) in [5, 5.41) is 9.81. The van der Waals surface area contributed by atoms with Gasteiger partial charge in [-0.2, -0.15) is 0 Å². The van der Waals surface area contributed by atoms with Crippen LogP contribution in [0.5, 0.6) is 0 Å². The molecule has 1 heterocycles. The molecule has 0 atom stereocenters. The number of carboxylic acid groups (broad SMARTS) is 1. The number of primary amides is 1. The Morgan fingerprint density at radius 3 is 2.29 bits per heavy atom. The van der Waals surface area contributed by atoms with E-state index in [9.17, 15) is 9.59 Å². The van der Waals surface area contributed by atoms with Gasteiger partial charge in [-0.25, -0.2) is 9.78 Å². The zero-order valence-electron chi connectivity index (χ0n) is 12.2. The third kappa shape index (κ3) is 4.39. The molecule has 3 N–H and O–H groups in total. The van der Waals surface area contributed by atoms with Gasteiger partial charge in [-0.1, -0.05) is 26.0 Å².